The highest BCUT2D eigenvalue weighted by Gasteiger charge is 2.31. The smallest absolute Gasteiger partial charge is 0.406 e. The third-order valence-electron chi connectivity index (χ3n) is 5.05. The zero-order valence-electron chi connectivity index (χ0n) is 16.1. The molecule has 0 radical (unpaired) electrons. The Bertz CT molecular complexity index is 1160. The Kier molecular flexibility index (Phi) is 5.20. The molecule has 9 heteroatoms. The van der Waals surface area contributed by atoms with Crippen molar-refractivity contribution >= 4 is 27.6 Å². The number of halogens is 3. The topological polar surface area (TPSA) is 58.3 Å². The van der Waals surface area contributed by atoms with Crippen LogP contribution in [0.15, 0.2) is 42.5 Å². The van der Waals surface area contributed by atoms with Gasteiger partial charge in [-0.1, -0.05) is 12.1 Å². The number of alkyl halides is 3. The molecular weight excluding hydrogens is 415 g/mol. The number of rotatable bonds is 4. The molecule has 0 N–H and O–H groups in total. The highest BCUT2D eigenvalue weighted by Crippen LogP contribution is 2.37. The van der Waals surface area contributed by atoms with Crippen molar-refractivity contribution in [3.63, 3.8) is 0 Å². The van der Waals surface area contributed by atoms with E-state index in [2.05, 4.69) is 10.8 Å². The minimum atomic E-state index is -4.79. The minimum Gasteiger partial charge on any atom is -0.406 e. The fourth-order valence-corrected chi connectivity index (χ4v) is 5.13. The summed E-state index contributed by atoms with van der Waals surface area (Å²) in [5.41, 5.74) is 3.12. The maximum absolute atomic E-state index is 12.6. The standard InChI is InChI=1S/C21H18F3N3O2S/c1-2-26-19-12-16(29-21(22,23)24)8-9-17(19)18(13-25)20(26)14-4-6-15(7-5-14)27-10-3-11-30(27)28/h4-9,12H,2-3,10-11H2,1H3. The van der Waals surface area contributed by atoms with E-state index in [1.165, 1.54) is 18.2 Å². The second-order valence-electron chi connectivity index (χ2n) is 6.83. The lowest BCUT2D eigenvalue weighted by atomic mass is 10.1. The van der Waals surface area contributed by atoms with E-state index in [1.54, 1.807) is 4.57 Å². The zero-order valence-corrected chi connectivity index (χ0v) is 16.9. The van der Waals surface area contributed by atoms with Crippen molar-refractivity contribution in [1.82, 2.24) is 4.57 Å². The van der Waals surface area contributed by atoms with E-state index in [4.69, 9.17) is 0 Å². The summed E-state index contributed by atoms with van der Waals surface area (Å²) in [7, 11) is -1.03. The number of benzene rings is 2. The lowest BCUT2D eigenvalue weighted by Gasteiger charge is -2.16. The quantitative estimate of drug-likeness (QED) is 0.584. The number of hydrogen-bond acceptors (Lipinski definition) is 3. The predicted molar refractivity (Wildman–Crippen MR) is 109 cm³/mol. The predicted octanol–water partition coefficient (Wildman–Crippen LogP) is 4.97. The van der Waals surface area contributed by atoms with Crippen molar-refractivity contribution in [2.45, 2.75) is 26.3 Å². The largest absolute Gasteiger partial charge is 0.573 e. The van der Waals surface area contributed by atoms with Crippen LogP contribution in [0.1, 0.15) is 18.9 Å². The normalized spacial score (nSPS) is 16.8. The van der Waals surface area contributed by atoms with Crippen LogP contribution in [0.3, 0.4) is 0 Å². The highest BCUT2D eigenvalue weighted by atomic mass is 32.2. The summed E-state index contributed by atoms with van der Waals surface area (Å²) in [6, 6.07) is 13.6. The van der Waals surface area contributed by atoms with Crippen LogP contribution in [0, 0.1) is 11.3 Å². The molecule has 0 aliphatic carbocycles. The third-order valence-corrected chi connectivity index (χ3v) is 6.58. The van der Waals surface area contributed by atoms with Gasteiger partial charge in [0.15, 0.2) is 0 Å². The molecule has 1 aromatic heterocycles. The first-order chi connectivity index (χ1) is 14.3. The van der Waals surface area contributed by atoms with Gasteiger partial charge >= 0.3 is 6.36 Å². The van der Waals surface area contributed by atoms with E-state index in [0.29, 0.717) is 34.5 Å². The van der Waals surface area contributed by atoms with Crippen molar-refractivity contribution in [2.75, 3.05) is 16.6 Å². The summed E-state index contributed by atoms with van der Waals surface area (Å²) in [4.78, 5) is 0. The lowest BCUT2D eigenvalue weighted by Crippen LogP contribution is -2.19. The van der Waals surface area contributed by atoms with Gasteiger partial charge in [-0.15, -0.1) is 13.2 Å². The molecule has 5 nitrogen and oxygen atoms in total. The molecule has 1 fully saturated rings. The molecule has 0 amide bonds. The highest BCUT2D eigenvalue weighted by molar-refractivity contribution is 7.86. The van der Waals surface area contributed by atoms with Crippen LogP contribution in [0.2, 0.25) is 0 Å². The molecule has 2 heterocycles. The average molecular weight is 433 g/mol. The molecule has 3 aromatic rings. The van der Waals surface area contributed by atoms with Crippen molar-refractivity contribution in [1.29, 1.82) is 5.26 Å². The Labute approximate surface area is 173 Å². The number of fused-ring (bicyclic) bond motifs is 1. The number of ether oxygens (including phenoxy) is 1. The van der Waals surface area contributed by atoms with Gasteiger partial charge in [-0.05, 0) is 43.2 Å². The van der Waals surface area contributed by atoms with Gasteiger partial charge in [-0.2, -0.15) is 5.26 Å². The second-order valence-corrected chi connectivity index (χ2v) is 8.33. The molecular formula is C21H18F3N3O2S. The van der Waals surface area contributed by atoms with Crippen LogP contribution in [-0.4, -0.2) is 27.4 Å². The first-order valence-corrected chi connectivity index (χ1v) is 10.7. The number of aryl methyl sites for hydroxylation is 1. The summed E-state index contributed by atoms with van der Waals surface area (Å²) in [5, 5.41) is 10.3. The summed E-state index contributed by atoms with van der Waals surface area (Å²) in [6.07, 6.45) is -3.91. The SMILES string of the molecule is CCn1c(-c2ccc(N3CCCS3=O)cc2)c(C#N)c2ccc(OC(F)(F)F)cc21. The van der Waals surface area contributed by atoms with E-state index < -0.39 is 17.3 Å². The van der Waals surface area contributed by atoms with Gasteiger partial charge < -0.3 is 9.30 Å². The summed E-state index contributed by atoms with van der Waals surface area (Å²) in [5.74, 6) is 0.317. The van der Waals surface area contributed by atoms with Crippen LogP contribution in [-0.2, 0) is 17.5 Å². The molecule has 1 saturated heterocycles. The summed E-state index contributed by atoms with van der Waals surface area (Å²) < 4.78 is 57.6. The van der Waals surface area contributed by atoms with Crippen LogP contribution in [0.5, 0.6) is 5.75 Å². The molecule has 0 bridgehead atoms. The number of nitrogens with zero attached hydrogens (tertiary/aromatic N) is 3. The Balaban J connectivity index is 1.81. The fourth-order valence-electron chi connectivity index (χ4n) is 3.84. The first-order valence-electron chi connectivity index (χ1n) is 9.41. The zero-order chi connectivity index (χ0) is 21.5. The monoisotopic (exact) mass is 433 g/mol. The Morgan fingerprint density at radius 2 is 1.93 bits per heavy atom. The maximum Gasteiger partial charge on any atom is 0.573 e. The fraction of sp³-hybridized carbons (Fsp3) is 0.286. The van der Waals surface area contributed by atoms with Crippen molar-refractivity contribution in [3.05, 3.63) is 48.0 Å². The van der Waals surface area contributed by atoms with E-state index in [1.807, 2.05) is 35.5 Å². The Hall–Kier alpha value is -2.99. The van der Waals surface area contributed by atoms with Crippen molar-refractivity contribution in [3.8, 4) is 23.1 Å². The number of nitriles is 1. The van der Waals surface area contributed by atoms with Crippen LogP contribution < -0.4 is 9.04 Å². The molecule has 4 rings (SSSR count). The van der Waals surface area contributed by atoms with Gasteiger partial charge in [0.05, 0.1) is 16.8 Å². The second kappa shape index (κ2) is 7.69. The van der Waals surface area contributed by atoms with E-state index >= 15 is 0 Å². The van der Waals surface area contributed by atoms with Crippen LogP contribution in [0.4, 0.5) is 18.9 Å². The van der Waals surface area contributed by atoms with Crippen LogP contribution >= 0.6 is 0 Å². The van der Waals surface area contributed by atoms with Gasteiger partial charge in [-0.25, -0.2) is 4.21 Å². The van der Waals surface area contributed by atoms with Gasteiger partial charge in [0, 0.05) is 36.0 Å². The van der Waals surface area contributed by atoms with Gasteiger partial charge in [0.2, 0.25) is 0 Å². The molecule has 156 valence electrons. The molecule has 1 atom stereocenters. The van der Waals surface area contributed by atoms with Gasteiger partial charge in [0.1, 0.15) is 22.8 Å². The average Bonchev–Trinajstić information content (AvgIpc) is 3.27. The van der Waals surface area contributed by atoms with E-state index in [-0.39, 0.29) is 5.75 Å². The van der Waals surface area contributed by atoms with Crippen molar-refractivity contribution in [2.24, 2.45) is 0 Å². The molecule has 0 spiro atoms. The van der Waals surface area contributed by atoms with Crippen LogP contribution in [0.25, 0.3) is 22.2 Å². The maximum atomic E-state index is 12.6. The summed E-state index contributed by atoms with van der Waals surface area (Å²) >= 11 is 0. The lowest BCUT2D eigenvalue weighted by molar-refractivity contribution is -0.274. The van der Waals surface area contributed by atoms with E-state index in [0.717, 1.165) is 24.2 Å². The number of hydrogen-bond donors (Lipinski definition) is 0. The Morgan fingerprint density at radius 3 is 2.50 bits per heavy atom. The van der Waals surface area contributed by atoms with E-state index in [9.17, 15) is 22.6 Å². The van der Waals surface area contributed by atoms with Gasteiger partial charge in [-0.3, -0.25) is 4.31 Å². The molecule has 2 aromatic carbocycles. The summed E-state index contributed by atoms with van der Waals surface area (Å²) in [6.45, 7) is 3.05. The molecule has 0 saturated carbocycles. The Morgan fingerprint density at radius 1 is 1.20 bits per heavy atom. The first kappa shape index (κ1) is 20.3. The number of anilines is 1. The molecule has 1 aliphatic rings. The molecule has 1 aliphatic heterocycles. The number of aromatic nitrogens is 1. The van der Waals surface area contributed by atoms with Gasteiger partial charge in [0.25, 0.3) is 0 Å². The minimum absolute atomic E-state index is 0.329. The van der Waals surface area contributed by atoms with Crippen molar-refractivity contribution < 1.29 is 22.1 Å². The molecule has 30 heavy (non-hydrogen) atoms. The molecule has 1 unspecified atom stereocenters. The third kappa shape index (κ3) is 3.63.